The smallest absolute Gasteiger partial charge is 0.237 e. The fourth-order valence-corrected chi connectivity index (χ4v) is 3.30. The van der Waals surface area contributed by atoms with Crippen molar-refractivity contribution in [2.75, 3.05) is 7.11 Å². The Morgan fingerprint density at radius 1 is 1.24 bits per heavy atom. The van der Waals surface area contributed by atoms with Crippen molar-refractivity contribution in [1.82, 2.24) is 15.1 Å². The average molecular weight is 352 g/mol. The van der Waals surface area contributed by atoms with Gasteiger partial charge in [0.2, 0.25) is 11.7 Å². The van der Waals surface area contributed by atoms with E-state index >= 15 is 0 Å². The van der Waals surface area contributed by atoms with Gasteiger partial charge in [0.15, 0.2) is 0 Å². The van der Waals surface area contributed by atoms with E-state index in [1.54, 1.807) is 7.11 Å². The second kappa shape index (κ2) is 7.36. The predicted octanol–water partition coefficient (Wildman–Crippen LogP) is 3.92. The van der Waals surface area contributed by atoms with E-state index in [4.69, 9.17) is 9.26 Å². The van der Waals surface area contributed by atoms with E-state index in [0.717, 1.165) is 22.6 Å². The monoisotopic (exact) mass is 352 g/mol. The van der Waals surface area contributed by atoms with Crippen molar-refractivity contribution in [3.05, 3.63) is 53.0 Å². The van der Waals surface area contributed by atoms with E-state index in [1.807, 2.05) is 44.2 Å². The fraction of sp³-hybridized carbons (Fsp3) is 0.222. The number of hydrogen-bond acceptors (Lipinski definition) is 7. The van der Waals surface area contributed by atoms with Gasteiger partial charge in [0.25, 0.3) is 0 Å². The van der Waals surface area contributed by atoms with Crippen LogP contribution in [0.1, 0.15) is 22.7 Å². The third kappa shape index (κ3) is 3.80. The third-order valence-corrected chi connectivity index (χ3v) is 4.51. The van der Waals surface area contributed by atoms with Crippen molar-refractivity contribution in [3.8, 4) is 23.2 Å². The summed E-state index contributed by atoms with van der Waals surface area (Å²) in [4.78, 5) is 8.85. The van der Waals surface area contributed by atoms with Crippen LogP contribution in [0.5, 0.6) is 5.75 Å². The lowest BCUT2D eigenvalue weighted by molar-refractivity contribution is 0.391. The quantitative estimate of drug-likeness (QED) is 0.643. The molecule has 0 aliphatic rings. The number of aryl methyl sites for hydroxylation is 2. The molecule has 0 unspecified atom stereocenters. The minimum atomic E-state index is 0.446. The molecule has 7 heteroatoms. The Balaban J connectivity index is 1.78. The van der Waals surface area contributed by atoms with E-state index in [1.165, 1.54) is 11.8 Å². The summed E-state index contributed by atoms with van der Waals surface area (Å²) in [5.74, 6) is 2.16. The molecule has 0 amide bonds. The van der Waals surface area contributed by atoms with E-state index in [0.29, 0.717) is 28.1 Å². The molecule has 3 aromatic rings. The molecule has 0 saturated heterocycles. The molecule has 0 N–H and O–H groups in total. The zero-order chi connectivity index (χ0) is 17.8. The van der Waals surface area contributed by atoms with Crippen LogP contribution in [0.25, 0.3) is 11.4 Å². The largest absolute Gasteiger partial charge is 0.497 e. The number of nitriles is 1. The molecule has 0 bridgehead atoms. The first-order chi connectivity index (χ1) is 12.1. The molecular formula is C18H16N4O2S. The number of aromatic nitrogens is 3. The van der Waals surface area contributed by atoms with Crippen LogP contribution in [-0.2, 0) is 5.75 Å². The Morgan fingerprint density at radius 2 is 2.08 bits per heavy atom. The topological polar surface area (TPSA) is 84.8 Å². The van der Waals surface area contributed by atoms with Crippen LogP contribution in [0.4, 0.5) is 0 Å². The zero-order valence-electron chi connectivity index (χ0n) is 14.1. The Morgan fingerprint density at radius 3 is 2.84 bits per heavy atom. The van der Waals surface area contributed by atoms with Gasteiger partial charge in [-0.05, 0) is 37.6 Å². The fourth-order valence-electron chi connectivity index (χ4n) is 2.37. The molecular weight excluding hydrogens is 336 g/mol. The van der Waals surface area contributed by atoms with E-state index < -0.39 is 0 Å². The molecule has 0 radical (unpaired) electrons. The number of benzene rings is 1. The Labute approximate surface area is 149 Å². The first-order valence-electron chi connectivity index (χ1n) is 7.59. The van der Waals surface area contributed by atoms with Crippen LogP contribution >= 0.6 is 11.8 Å². The van der Waals surface area contributed by atoms with Crippen molar-refractivity contribution in [2.24, 2.45) is 0 Å². The predicted molar refractivity (Wildman–Crippen MR) is 94.3 cm³/mol. The maximum Gasteiger partial charge on any atom is 0.237 e. The molecule has 1 aromatic carbocycles. The van der Waals surface area contributed by atoms with E-state index in [-0.39, 0.29) is 0 Å². The normalized spacial score (nSPS) is 10.5. The molecule has 2 heterocycles. The maximum atomic E-state index is 9.32. The van der Waals surface area contributed by atoms with Gasteiger partial charge in [0.1, 0.15) is 16.8 Å². The highest BCUT2D eigenvalue weighted by Crippen LogP contribution is 2.27. The summed E-state index contributed by atoms with van der Waals surface area (Å²) in [5, 5.41) is 14.0. The van der Waals surface area contributed by atoms with Crippen molar-refractivity contribution < 1.29 is 9.26 Å². The highest BCUT2D eigenvalue weighted by Gasteiger charge is 2.13. The number of rotatable bonds is 5. The lowest BCUT2D eigenvalue weighted by Gasteiger charge is -2.05. The molecule has 126 valence electrons. The molecule has 0 aliphatic heterocycles. The van der Waals surface area contributed by atoms with Gasteiger partial charge in [0.05, 0.1) is 18.4 Å². The molecule has 0 atom stereocenters. The van der Waals surface area contributed by atoms with Gasteiger partial charge in [-0.15, -0.1) is 0 Å². The summed E-state index contributed by atoms with van der Waals surface area (Å²) < 4.78 is 10.5. The van der Waals surface area contributed by atoms with Crippen molar-refractivity contribution in [1.29, 1.82) is 5.26 Å². The van der Waals surface area contributed by atoms with Gasteiger partial charge < -0.3 is 9.26 Å². The SMILES string of the molecule is COc1cccc(-c2noc(CSc3nc(C)cc(C)c3C#N)n2)c1. The Kier molecular flexibility index (Phi) is 5.00. The van der Waals surface area contributed by atoms with E-state index in [2.05, 4.69) is 21.2 Å². The first-order valence-corrected chi connectivity index (χ1v) is 8.57. The van der Waals surface area contributed by atoms with Gasteiger partial charge in [-0.25, -0.2) is 4.98 Å². The number of nitrogens with zero attached hydrogens (tertiary/aromatic N) is 4. The lowest BCUT2D eigenvalue weighted by atomic mass is 10.1. The minimum Gasteiger partial charge on any atom is -0.497 e. The standard InChI is InChI=1S/C18H16N4O2S/c1-11-7-12(2)20-18(15(11)9-19)25-10-16-21-17(22-24-16)13-5-4-6-14(8-13)23-3/h4-8H,10H2,1-3H3. The van der Waals surface area contributed by atoms with Crippen molar-refractivity contribution in [2.45, 2.75) is 24.6 Å². The molecule has 0 spiro atoms. The number of pyridine rings is 1. The molecule has 0 saturated carbocycles. The van der Waals surface area contributed by atoms with E-state index in [9.17, 15) is 5.26 Å². The highest BCUT2D eigenvalue weighted by atomic mass is 32.2. The van der Waals surface area contributed by atoms with Crippen LogP contribution in [0.15, 0.2) is 39.9 Å². The summed E-state index contributed by atoms with van der Waals surface area (Å²) in [6, 6.07) is 11.6. The van der Waals surface area contributed by atoms with Gasteiger partial charge >= 0.3 is 0 Å². The molecule has 2 aromatic heterocycles. The molecule has 0 aliphatic carbocycles. The van der Waals surface area contributed by atoms with Crippen molar-refractivity contribution in [3.63, 3.8) is 0 Å². The van der Waals surface area contributed by atoms with Crippen LogP contribution in [0, 0.1) is 25.2 Å². The summed E-state index contributed by atoms with van der Waals surface area (Å²) in [5.41, 5.74) is 3.20. The number of hydrogen-bond donors (Lipinski definition) is 0. The number of methoxy groups -OCH3 is 1. The van der Waals surface area contributed by atoms with Gasteiger partial charge in [-0.2, -0.15) is 10.2 Å². The van der Waals surface area contributed by atoms with Crippen molar-refractivity contribution >= 4 is 11.8 Å². The summed E-state index contributed by atoms with van der Waals surface area (Å²) in [7, 11) is 1.61. The van der Waals surface area contributed by atoms with Crippen LogP contribution in [0.2, 0.25) is 0 Å². The van der Waals surface area contributed by atoms with Crippen LogP contribution < -0.4 is 4.74 Å². The number of thioether (sulfide) groups is 1. The average Bonchev–Trinajstić information content (AvgIpc) is 3.08. The minimum absolute atomic E-state index is 0.446. The third-order valence-electron chi connectivity index (χ3n) is 3.55. The maximum absolute atomic E-state index is 9.32. The van der Waals surface area contributed by atoms with Crippen LogP contribution in [0.3, 0.4) is 0 Å². The Hall–Kier alpha value is -2.85. The van der Waals surface area contributed by atoms with Gasteiger partial charge in [0, 0.05) is 11.3 Å². The first kappa shape index (κ1) is 17.0. The number of ether oxygens (including phenoxy) is 1. The summed E-state index contributed by atoms with van der Waals surface area (Å²) in [6.45, 7) is 3.82. The molecule has 6 nitrogen and oxygen atoms in total. The summed E-state index contributed by atoms with van der Waals surface area (Å²) in [6.07, 6.45) is 0. The zero-order valence-corrected chi connectivity index (χ0v) is 14.9. The molecule has 25 heavy (non-hydrogen) atoms. The Bertz CT molecular complexity index is 946. The molecule has 0 fully saturated rings. The van der Waals surface area contributed by atoms with Crippen LogP contribution in [-0.4, -0.2) is 22.2 Å². The second-order valence-electron chi connectivity index (χ2n) is 5.40. The highest BCUT2D eigenvalue weighted by molar-refractivity contribution is 7.98. The second-order valence-corrected chi connectivity index (χ2v) is 6.37. The lowest BCUT2D eigenvalue weighted by Crippen LogP contribution is -1.95. The molecule has 3 rings (SSSR count). The summed E-state index contributed by atoms with van der Waals surface area (Å²) >= 11 is 1.41. The van der Waals surface area contributed by atoms with Gasteiger partial charge in [-0.3, -0.25) is 0 Å². The van der Waals surface area contributed by atoms with Gasteiger partial charge in [-0.1, -0.05) is 29.1 Å².